The molecule has 17 heteroatoms. The minimum absolute atomic E-state index is 0. The van der Waals surface area contributed by atoms with Crippen LogP contribution in [0.15, 0.2) is 94.8 Å². The predicted molar refractivity (Wildman–Crippen MR) is 434 cm³/mol. The van der Waals surface area contributed by atoms with E-state index in [1.165, 1.54) is 231 Å². The third kappa shape index (κ3) is 60.8. The van der Waals surface area contributed by atoms with Crippen LogP contribution in [0.5, 0.6) is 0 Å². The van der Waals surface area contributed by atoms with Gasteiger partial charge in [-0.1, -0.05) is 307 Å². The van der Waals surface area contributed by atoms with Crippen molar-refractivity contribution in [2.24, 2.45) is 0 Å². The van der Waals surface area contributed by atoms with Crippen LogP contribution < -0.4 is 0 Å². The number of carbonyl (C=O) groups excluding carboxylic acids is 4. The molecule has 0 N–H and O–H groups in total. The first-order valence-electron chi connectivity index (χ1n) is 42.1. The number of allylic oxidation sites excluding steroid dienone is 8. The van der Waals surface area contributed by atoms with Crippen molar-refractivity contribution in [3.63, 3.8) is 0 Å². The van der Waals surface area contributed by atoms with Crippen molar-refractivity contribution in [2.45, 2.75) is 397 Å². The van der Waals surface area contributed by atoms with E-state index in [4.69, 9.17) is 18.9 Å². The van der Waals surface area contributed by atoms with Gasteiger partial charge in [-0.15, -0.1) is 0 Å². The third-order valence-electron chi connectivity index (χ3n) is 19.0. The zero-order valence-corrected chi connectivity index (χ0v) is 70.6. The largest absolute Gasteiger partial charge is 2.00 e. The average molecular weight is 1530 g/mol. The summed E-state index contributed by atoms with van der Waals surface area (Å²) in [6.45, 7) is 9.69. The smallest absolute Gasteiger partial charge is 0.744 e. The van der Waals surface area contributed by atoms with Gasteiger partial charge in [-0.25, -0.2) is 36.0 Å². The summed E-state index contributed by atoms with van der Waals surface area (Å²) < 4.78 is 91.4. The van der Waals surface area contributed by atoms with Gasteiger partial charge >= 0.3 is 61.6 Å². The molecular formula is C88H146CaO14S2. The van der Waals surface area contributed by atoms with Gasteiger partial charge in [0.2, 0.25) is 0 Å². The molecule has 2 rings (SSSR count). The van der Waals surface area contributed by atoms with Gasteiger partial charge in [0, 0.05) is 0 Å². The minimum atomic E-state index is -4.82. The van der Waals surface area contributed by atoms with Gasteiger partial charge in [-0.3, -0.25) is 0 Å². The molecule has 0 saturated carbocycles. The van der Waals surface area contributed by atoms with Crippen LogP contribution in [-0.4, -0.2) is 114 Å². The van der Waals surface area contributed by atoms with Crippen LogP contribution in [0.3, 0.4) is 0 Å². The SMILES string of the molecule is CCCCCCCC/C=C/CCCCCCCCOC(=O)c1ccc(S(=O)(=O)[O-])cc1C(=O)OCCCCCCCC/C=C/CCCCCCCC.CCCCCCCC/C=C/CCCCCCCCOC(=O)c1ccc(S(=O)(=O)[O-])cc1C(=O)OCCCCCCCC/C=C/CCCCCCCC.[Ca+2]. The first-order valence-corrected chi connectivity index (χ1v) is 44.9. The Morgan fingerprint density at radius 2 is 0.419 bits per heavy atom. The fraction of sp³-hybridized carbons (Fsp3) is 0.727. The van der Waals surface area contributed by atoms with Crippen LogP contribution in [0.4, 0.5) is 0 Å². The molecule has 0 amide bonds. The zero-order chi connectivity index (χ0) is 75.9. The Balaban J connectivity index is 0.00000204. The summed E-state index contributed by atoms with van der Waals surface area (Å²) in [5.41, 5.74) is -0.703. The summed E-state index contributed by atoms with van der Waals surface area (Å²) in [5, 5.41) is 0. The van der Waals surface area contributed by atoms with E-state index < -0.39 is 53.9 Å². The molecule has 0 aliphatic carbocycles. The van der Waals surface area contributed by atoms with Crippen molar-refractivity contribution < 1.29 is 64.1 Å². The monoisotopic (exact) mass is 1530 g/mol. The average Bonchev–Trinajstić information content (AvgIpc) is 0.816. The van der Waals surface area contributed by atoms with Gasteiger partial charge in [0.15, 0.2) is 0 Å². The molecule has 0 saturated heterocycles. The van der Waals surface area contributed by atoms with Crippen molar-refractivity contribution in [2.75, 3.05) is 26.4 Å². The van der Waals surface area contributed by atoms with Gasteiger partial charge in [0.1, 0.15) is 20.2 Å². The first-order chi connectivity index (χ1) is 50.6. The second-order valence-electron chi connectivity index (χ2n) is 28.6. The van der Waals surface area contributed by atoms with E-state index in [0.717, 1.165) is 139 Å². The molecule has 0 aliphatic heterocycles. The molecule has 2 aromatic rings. The molecular weight excluding hydrogens is 1390 g/mol. The number of hydrogen-bond acceptors (Lipinski definition) is 14. The maximum atomic E-state index is 12.9. The van der Waals surface area contributed by atoms with Crippen molar-refractivity contribution in [1.29, 1.82) is 0 Å². The normalized spacial score (nSPS) is 11.8. The van der Waals surface area contributed by atoms with Crippen LogP contribution in [0.25, 0.3) is 0 Å². The molecule has 596 valence electrons. The quantitative estimate of drug-likeness (QED) is 0.0150. The van der Waals surface area contributed by atoms with Crippen LogP contribution in [0, 0.1) is 0 Å². The van der Waals surface area contributed by atoms with Gasteiger partial charge in [0.05, 0.1) is 58.5 Å². The molecule has 14 nitrogen and oxygen atoms in total. The van der Waals surface area contributed by atoms with E-state index in [1.54, 1.807) is 0 Å². The number of ether oxygens (including phenoxy) is 4. The topological polar surface area (TPSA) is 220 Å². The summed E-state index contributed by atoms with van der Waals surface area (Å²) in [5.74, 6) is -3.12. The fourth-order valence-electron chi connectivity index (χ4n) is 12.4. The second-order valence-corrected chi connectivity index (χ2v) is 31.4. The van der Waals surface area contributed by atoms with Gasteiger partial charge in [-0.05, 0) is 165 Å². The first kappa shape index (κ1) is 101. The van der Waals surface area contributed by atoms with Gasteiger partial charge in [-0.2, -0.15) is 0 Å². The van der Waals surface area contributed by atoms with Crippen LogP contribution in [0.1, 0.15) is 429 Å². The number of hydrogen-bond donors (Lipinski definition) is 0. The number of unbranched alkanes of at least 4 members (excludes halogenated alkanes) is 48. The predicted octanol–water partition coefficient (Wildman–Crippen LogP) is 25.6. The molecule has 0 heterocycles. The molecule has 0 unspecified atom stereocenters. The van der Waals surface area contributed by atoms with Crippen molar-refractivity contribution >= 4 is 81.9 Å². The Hall–Kier alpha value is -3.64. The Morgan fingerprint density at radius 3 is 0.600 bits per heavy atom. The maximum Gasteiger partial charge on any atom is 2.00 e. The Morgan fingerprint density at radius 1 is 0.257 bits per heavy atom. The Labute approximate surface area is 671 Å². The Kier molecular flexibility index (Phi) is 70.6. The summed E-state index contributed by atoms with van der Waals surface area (Å²) in [6, 6.07) is 6.24. The third-order valence-corrected chi connectivity index (χ3v) is 20.7. The van der Waals surface area contributed by atoms with E-state index in [-0.39, 0.29) is 86.4 Å². The number of carbonyl (C=O) groups is 4. The van der Waals surface area contributed by atoms with E-state index in [9.17, 15) is 45.1 Å². The zero-order valence-electron chi connectivity index (χ0n) is 66.7. The molecule has 0 bridgehead atoms. The van der Waals surface area contributed by atoms with E-state index in [2.05, 4.69) is 76.3 Å². The van der Waals surface area contributed by atoms with Crippen molar-refractivity contribution in [3.05, 3.63) is 107 Å². The number of benzene rings is 2. The molecule has 0 radical (unpaired) electrons. The van der Waals surface area contributed by atoms with Crippen LogP contribution >= 0.6 is 0 Å². The minimum Gasteiger partial charge on any atom is -0.744 e. The molecule has 0 aliphatic rings. The van der Waals surface area contributed by atoms with Crippen LogP contribution in [0.2, 0.25) is 0 Å². The second kappa shape index (κ2) is 73.2. The maximum absolute atomic E-state index is 12.9. The number of rotatable bonds is 70. The molecule has 2 aromatic carbocycles. The van der Waals surface area contributed by atoms with Crippen molar-refractivity contribution in [3.8, 4) is 0 Å². The van der Waals surface area contributed by atoms with E-state index in [1.807, 2.05) is 0 Å². The molecule has 0 atom stereocenters. The molecule has 0 fully saturated rings. The molecule has 0 spiro atoms. The summed E-state index contributed by atoms with van der Waals surface area (Å²) in [4.78, 5) is 50.4. The fourth-order valence-corrected chi connectivity index (χ4v) is 13.4. The number of esters is 4. The summed E-state index contributed by atoms with van der Waals surface area (Å²) in [6.07, 6.45) is 84.3. The van der Waals surface area contributed by atoms with Gasteiger partial charge < -0.3 is 28.1 Å². The summed E-state index contributed by atoms with van der Waals surface area (Å²) >= 11 is 0. The standard InChI is InChI=1S/2C44H74O7S.Ca/c2*1-3-5-7-9-11-13-15-17-19-21-23-25-27-29-31-33-37-50-43(45)41-36-35-40(52(47,48)49)39-42(41)44(46)51-38-34-32-30-28-26-24-22-20-18-16-14-12-10-8-6-4-2;/h2*17-20,35-36,39H,3-16,21-34,37-38H2,1-2H3,(H,47,48,49);/q;;+2/p-2/b2*19-17+,20-18+;. The van der Waals surface area contributed by atoms with Crippen LogP contribution in [-0.2, 0) is 39.2 Å². The van der Waals surface area contributed by atoms with E-state index >= 15 is 0 Å². The van der Waals surface area contributed by atoms with E-state index in [0.29, 0.717) is 25.7 Å². The summed E-state index contributed by atoms with van der Waals surface area (Å²) in [7, 11) is -9.63. The van der Waals surface area contributed by atoms with Gasteiger partial charge in [0.25, 0.3) is 0 Å². The molecule has 0 aromatic heterocycles. The molecule has 105 heavy (non-hydrogen) atoms. The van der Waals surface area contributed by atoms with Crippen molar-refractivity contribution in [1.82, 2.24) is 0 Å². The Bertz CT molecular complexity index is 2610.